The van der Waals surface area contributed by atoms with Gasteiger partial charge in [-0.05, 0) is 30.2 Å². The predicted octanol–water partition coefficient (Wildman–Crippen LogP) is 4.01. The lowest BCUT2D eigenvalue weighted by Crippen LogP contribution is -2.19. The van der Waals surface area contributed by atoms with Crippen LogP contribution in [0.25, 0.3) is 0 Å². The number of benzene rings is 1. The summed E-state index contributed by atoms with van der Waals surface area (Å²) in [6.45, 7) is 5.45. The van der Waals surface area contributed by atoms with Gasteiger partial charge in [0.15, 0.2) is 0 Å². The number of hydrogen-bond donors (Lipinski definition) is 1. The standard InChI is InChI=1S/C13H19BrClNO/c1-2-3-7-17-8-6-16-10-11-9-12(15)4-5-13(11)14/h4-5,9,16H,2-3,6-8,10H2,1H3. The number of halogens is 2. The monoisotopic (exact) mass is 319 g/mol. The average Bonchev–Trinajstić information content (AvgIpc) is 2.32. The van der Waals surface area contributed by atoms with Crippen molar-refractivity contribution in [3.63, 3.8) is 0 Å². The molecular weight excluding hydrogens is 302 g/mol. The highest BCUT2D eigenvalue weighted by atomic mass is 79.9. The van der Waals surface area contributed by atoms with Crippen molar-refractivity contribution < 1.29 is 4.74 Å². The minimum atomic E-state index is 0.762. The summed E-state index contributed by atoms with van der Waals surface area (Å²) in [5, 5.41) is 4.10. The molecule has 0 unspecified atom stereocenters. The van der Waals surface area contributed by atoms with Crippen LogP contribution in [0.3, 0.4) is 0 Å². The summed E-state index contributed by atoms with van der Waals surface area (Å²) in [4.78, 5) is 0. The van der Waals surface area contributed by atoms with Crippen LogP contribution >= 0.6 is 27.5 Å². The van der Waals surface area contributed by atoms with E-state index in [-0.39, 0.29) is 0 Å². The molecule has 0 radical (unpaired) electrons. The van der Waals surface area contributed by atoms with Gasteiger partial charge in [-0.3, -0.25) is 0 Å². The van der Waals surface area contributed by atoms with Crippen molar-refractivity contribution in [2.45, 2.75) is 26.3 Å². The van der Waals surface area contributed by atoms with Crippen molar-refractivity contribution in [2.24, 2.45) is 0 Å². The van der Waals surface area contributed by atoms with Gasteiger partial charge < -0.3 is 10.1 Å². The SMILES string of the molecule is CCCCOCCNCc1cc(Cl)ccc1Br. The Hall–Kier alpha value is -0.0900. The summed E-state index contributed by atoms with van der Waals surface area (Å²) in [6.07, 6.45) is 2.32. The molecule has 4 heteroatoms. The van der Waals surface area contributed by atoms with Gasteiger partial charge in [-0.25, -0.2) is 0 Å². The van der Waals surface area contributed by atoms with Crippen LogP contribution in [-0.2, 0) is 11.3 Å². The molecule has 0 heterocycles. The molecule has 0 aliphatic carbocycles. The molecule has 0 aromatic heterocycles. The van der Waals surface area contributed by atoms with Crippen LogP contribution in [0.2, 0.25) is 5.02 Å². The number of rotatable bonds is 8. The second kappa shape index (κ2) is 8.92. The van der Waals surface area contributed by atoms with E-state index >= 15 is 0 Å². The van der Waals surface area contributed by atoms with E-state index in [1.54, 1.807) is 0 Å². The maximum absolute atomic E-state index is 5.94. The van der Waals surface area contributed by atoms with Crippen LogP contribution in [0, 0.1) is 0 Å². The van der Waals surface area contributed by atoms with Gasteiger partial charge in [0.2, 0.25) is 0 Å². The van der Waals surface area contributed by atoms with Gasteiger partial charge in [-0.1, -0.05) is 40.9 Å². The molecule has 0 spiro atoms. The normalized spacial score (nSPS) is 10.8. The zero-order valence-corrected chi connectivity index (χ0v) is 12.5. The molecule has 0 bridgehead atoms. The Balaban J connectivity index is 2.15. The third-order valence-corrected chi connectivity index (χ3v) is 3.40. The fraction of sp³-hybridized carbons (Fsp3) is 0.538. The second-order valence-electron chi connectivity index (χ2n) is 3.88. The van der Waals surface area contributed by atoms with E-state index in [4.69, 9.17) is 16.3 Å². The minimum absolute atomic E-state index is 0.762. The number of unbranched alkanes of at least 4 members (excludes halogenated alkanes) is 1. The Kier molecular flexibility index (Phi) is 7.86. The molecule has 2 nitrogen and oxygen atoms in total. The lowest BCUT2D eigenvalue weighted by atomic mass is 10.2. The van der Waals surface area contributed by atoms with Crippen LogP contribution in [0.4, 0.5) is 0 Å². The van der Waals surface area contributed by atoms with Crippen LogP contribution in [0.5, 0.6) is 0 Å². The molecule has 1 aromatic rings. The van der Waals surface area contributed by atoms with E-state index in [2.05, 4.69) is 28.2 Å². The van der Waals surface area contributed by atoms with Crippen molar-refractivity contribution in [3.05, 3.63) is 33.3 Å². The van der Waals surface area contributed by atoms with Gasteiger partial charge in [0.1, 0.15) is 0 Å². The van der Waals surface area contributed by atoms with E-state index < -0.39 is 0 Å². The fourth-order valence-corrected chi connectivity index (χ4v) is 1.98. The summed E-state index contributed by atoms with van der Waals surface area (Å²) in [5.74, 6) is 0. The van der Waals surface area contributed by atoms with E-state index in [1.165, 1.54) is 12.0 Å². The van der Waals surface area contributed by atoms with Crippen molar-refractivity contribution in [3.8, 4) is 0 Å². The molecule has 0 saturated heterocycles. The van der Waals surface area contributed by atoms with Crippen molar-refractivity contribution in [1.82, 2.24) is 5.32 Å². The lowest BCUT2D eigenvalue weighted by Gasteiger charge is -2.08. The molecule has 0 aliphatic heterocycles. The molecule has 1 rings (SSSR count). The first-order chi connectivity index (χ1) is 8.24. The lowest BCUT2D eigenvalue weighted by molar-refractivity contribution is 0.133. The first kappa shape index (κ1) is 15.0. The Labute approximate surface area is 117 Å². The first-order valence-corrected chi connectivity index (χ1v) is 7.13. The molecule has 1 aromatic carbocycles. The highest BCUT2D eigenvalue weighted by Crippen LogP contribution is 2.20. The second-order valence-corrected chi connectivity index (χ2v) is 5.17. The molecular formula is C13H19BrClNO. The van der Waals surface area contributed by atoms with Gasteiger partial charge in [0.25, 0.3) is 0 Å². The first-order valence-electron chi connectivity index (χ1n) is 5.96. The van der Waals surface area contributed by atoms with Crippen LogP contribution in [0.15, 0.2) is 22.7 Å². The maximum atomic E-state index is 5.94. The van der Waals surface area contributed by atoms with E-state index in [1.807, 2.05) is 18.2 Å². The van der Waals surface area contributed by atoms with Crippen LogP contribution < -0.4 is 5.32 Å². The van der Waals surface area contributed by atoms with Crippen LogP contribution in [0.1, 0.15) is 25.3 Å². The van der Waals surface area contributed by atoms with Crippen molar-refractivity contribution >= 4 is 27.5 Å². The van der Waals surface area contributed by atoms with E-state index in [9.17, 15) is 0 Å². The number of nitrogens with one attached hydrogen (secondary N) is 1. The molecule has 0 fully saturated rings. The molecule has 96 valence electrons. The third kappa shape index (κ3) is 6.41. The Morgan fingerprint density at radius 3 is 2.94 bits per heavy atom. The molecule has 17 heavy (non-hydrogen) atoms. The zero-order valence-electron chi connectivity index (χ0n) is 10.1. The Bertz CT molecular complexity index is 333. The van der Waals surface area contributed by atoms with Gasteiger partial charge >= 0.3 is 0 Å². The predicted molar refractivity (Wildman–Crippen MR) is 76.6 cm³/mol. The van der Waals surface area contributed by atoms with E-state index in [0.717, 1.165) is 42.2 Å². The fourth-order valence-electron chi connectivity index (χ4n) is 1.39. The summed E-state index contributed by atoms with van der Waals surface area (Å²) in [7, 11) is 0. The summed E-state index contributed by atoms with van der Waals surface area (Å²) >= 11 is 9.44. The van der Waals surface area contributed by atoms with Crippen LogP contribution in [-0.4, -0.2) is 19.8 Å². The molecule has 1 N–H and O–H groups in total. The number of ether oxygens (including phenoxy) is 1. The molecule has 0 aliphatic rings. The Morgan fingerprint density at radius 1 is 1.35 bits per heavy atom. The largest absolute Gasteiger partial charge is 0.380 e. The minimum Gasteiger partial charge on any atom is -0.380 e. The van der Waals surface area contributed by atoms with Crippen molar-refractivity contribution in [1.29, 1.82) is 0 Å². The highest BCUT2D eigenvalue weighted by molar-refractivity contribution is 9.10. The zero-order chi connectivity index (χ0) is 12.5. The molecule has 0 amide bonds. The smallest absolute Gasteiger partial charge is 0.0591 e. The van der Waals surface area contributed by atoms with Gasteiger partial charge in [-0.2, -0.15) is 0 Å². The Morgan fingerprint density at radius 2 is 2.18 bits per heavy atom. The van der Waals surface area contributed by atoms with Gasteiger partial charge in [0.05, 0.1) is 6.61 Å². The topological polar surface area (TPSA) is 21.3 Å². The summed E-state index contributed by atoms with van der Waals surface area (Å²) in [5.41, 5.74) is 1.17. The quantitative estimate of drug-likeness (QED) is 0.731. The maximum Gasteiger partial charge on any atom is 0.0591 e. The highest BCUT2D eigenvalue weighted by Gasteiger charge is 2.00. The van der Waals surface area contributed by atoms with Crippen molar-refractivity contribution in [2.75, 3.05) is 19.8 Å². The average molecular weight is 321 g/mol. The molecule has 0 saturated carbocycles. The third-order valence-electron chi connectivity index (χ3n) is 2.39. The summed E-state index contributed by atoms with van der Waals surface area (Å²) in [6, 6.07) is 5.82. The summed E-state index contributed by atoms with van der Waals surface area (Å²) < 4.78 is 6.55. The van der Waals surface area contributed by atoms with Gasteiger partial charge in [-0.15, -0.1) is 0 Å². The number of hydrogen-bond acceptors (Lipinski definition) is 2. The van der Waals surface area contributed by atoms with Gasteiger partial charge in [0, 0.05) is 29.2 Å². The molecule has 0 atom stereocenters. The van der Waals surface area contributed by atoms with E-state index in [0.29, 0.717) is 0 Å².